The van der Waals surface area contributed by atoms with E-state index >= 15 is 0 Å². The number of rotatable bonds is 2. The highest BCUT2D eigenvalue weighted by Gasteiger charge is 2.03. The first-order valence-electron chi connectivity index (χ1n) is 3.97. The van der Waals surface area contributed by atoms with Crippen LogP contribution in [-0.2, 0) is 12.8 Å². The van der Waals surface area contributed by atoms with Crippen molar-refractivity contribution in [3.8, 4) is 0 Å². The molecule has 0 aliphatic rings. The van der Waals surface area contributed by atoms with Crippen molar-refractivity contribution in [2.24, 2.45) is 0 Å². The molecule has 0 heterocycles. The molecule has 1 rings (SSSR count). The van der Waals surface area contributed by atoms with Crippen LogP contribution in [0.25, 0.3) is 0 Å². The molecular weight excluding hydrogens is 139 g/mol. The van der Waals surface area contributed by atoms with Crippen LogP contribution in [0.2, 0.25) is 0 Å². The van der Waals surface area contributed by atoms with Crippen LogP contribution in [0.3, 0.4) is 0 Å². The Morgan fingerprint density at radius 2 is 1.64 bits per heavy atom. The third-order valence-corrected chi connectivity index (χ3v) is 1.84. The first-order chi connectivity index (χ1) is 5.29. The summed E-state index contributed by atoms with van der Waals surface area (Å²) < 4.78 is 13.3. The van der Waals surface area contributed by atoms with Gasteiger partial charge >= 0.3 is 0 Å². The monoisotopic (exact) mass is 151 g/mol. The molecule has 0 atom stereocenters. The van der Waals surface area contributed by atoms with E-state index in [1.54, 1.807) is 12.1 Å². The Morgan fingerprint density at radius 1 is 1.18 bits per heavy atom. The second-order valence-corrected chi connectivity index (χ2v) is 2.53. The van der Waals surface area contributed by atoms with E-state index < -0.39 is 0 Å². The lowest BCUT2D eigenvalue weighted by Gasteiger charge is -2.02. The molecule has 0 unspecified atom stereocenters. The number of hydrogen-bond donors (Lipinski definition) is 0. The number of aryl methyl sites for hydroxylation is 2. The van der Waals surface area contributed by atoms with Crippen molar-refractivity contribution >= 4 is 0 Å². The first kappa shape index (κ1) is 8.25. The highest BCUT2D eigenvalue weighted by atomic mass is 19.1. The highest BCUT2D eigenvalue weighted by molar-refractivity contribution is 5.24. The van der Waals surface area contributed by atoms with E-state index in [9.17, 15) is 4.39 Å². The van der Waals surface area contributed by atoms with Crippen LogP contribution < -0.4 is 0 Å². The van der Waals surface area contributed by atoms with Gasteiger partial charge in [0.05, 0.1) is 0 Å². The van der Waals surface area contributed by atoms with E-state index in [0.29, 0.717) is 0 Å². The van der Waals surface area contributed by atoms with E-state index in [1.807, 2.05) is 13.8 Å². The lowest BCUT2D eigenvalue weighted by Crippen LogP contribution is -1.93. The second-order valence-electron chi connectivity index (χ2n) is 2.53. The lowest BCUT2D eigenvalue weighted by molar-refractivity contribution is 0.597. The fraction of sp³-hybridized carbons (Fsp3) is 0.400. The highest BCUT2D eigenvalue weighted by Crippen LogP contribution is 2.13. The SMILES string of the molecule is CCc1c[c]cc(CC)c1F. The van der Waals surface area contributed by atoms with E-state index in [2.05, 4.69) is 6.07 Å². The predicted molar refractivity (Wildman–Crippen MR) is 44.0 cm³/mol. The summed E-state index contributed by atoms with van der Waals surface area (Å²) in [6.45, 7) is 3.90. The standard InChI is InChI=1S/C10H12F/c1-3-8-6-5-7-9(4-2)10(8)11/h6-7H,3-4H2,1-2H3. The molecule has 0 aromatic heterocycles. The fourth-order valence-electron chi connectivity index (χ4n) is 1.09. The smallest absolute Gasteiger partial charge is 0.129 e. The summed E-state index contributed by atoms with van der Waals surface area (Å²) in [5.74, 6) is -0.0475. The van der Waals surface area contributed by atoms with E-state index in [1.165, 1.54) is 0 Å². The summed E-state index contributed by atoms with van der Waals surface area (Å²) in [6.07, 6.45) is 1.49. The molecule has 0 N–H and O–H groups in total. The van der Waals surface area contributed by atoms with Gasteiger partial charge in [-0.15, -0.1) is 0 Å². The van der Waals surface area contributed by atoms with Crippen molar-refractivity contribution in [3.05, 3.63) is 35.1 Å². The third kappa shape index (κ3) is 1.59. The third-order valence-electron chi connectivity index (χ3n) is 1.84. The zero-order valence-corrected chi connectivity index (χ0v) is 6.95. The quantitative estimate of drug-likeness (QED) is 0.609. The minimum atomic E-state index is -0.0475. The maximum Gasteiger partial charge on any atom is 0.129 e. The zero-order valence-electron chi connectivity index (χ0n) is 6.95. The molecule has 1 aromatic rings. The summed E-state index contributed by atoms with van der Waals surface area (Å²) in [6, 6.07) is 6.37. The van der Waals surface area contributed by atoms with Gasteiger partial charge < -0.3 is 0 Å². The average Bonchev–Trinajstić information content (AvgIpc) is 2.05. The molecule has 1 radical (unpaired) electrons. The van der Waals surface area contributed by atoms with Gasteiger partial charge in [-0.25, -0.2) is 4.39 Å². The van der Waals surface area contributed by atoms with Crippen LogP contribution >= 0.6 is 0 Å². The Hall–Kier alpha value is -0.850. The molecule has 1 aromatic carbocycles. The lowest BCUT2D eigenvalue weighted by atomic mass is 10.1. The Morgan fingerprint density at radius 3 is 2.00 bits per heavy atom. The molecule has 0 fully saturated rings. The van der Waals surface area contributed by atoms with Gasteiger partial charge in [0, 0.05) is 0 Å². The largest absolute Gasteiger partial charge is 0.206 e. The topological polar surface area (TPSA) is 0 Å². The molecule has 11 heavy (non-hydrogen) atoms. The van der Waals surface area contributed by atoms with Crippen molar-refractivity contribution < 1.29 is 4.39 Å². The average molecular weight is 151 g/mol. The van der Waals surface area contributed by atoms with Gasteiger partial charge in [-0.05, 0) is 42.2 Å². The molecule has 0 nitrogen and oxygen atoms in total. The fourth-order valence-corrected chi connectivity index (χ4v) is 1.09. The van der Waals surface area contributed by atoms with Crippen LogP contribution in [0.5, 0.6) is 0 Å². The van der Waals surface area contributed by atoms with Gasteiger partial charge in [-0.3, -0.25) is 0 Å². The van der Waals surface area contributed by atoms with Crippen LogP contribution in [0, 0.1) is 11.9 Å². The van der Waals surface area contributed by atoms with E-state index in [4.69, 9.17) is 0 Å². The van der Waals surface area contributed by atoms with E-state index in [0.717, 1.165) is 24.0 Å². The predicted octanol–water partition coefficient (Wildman–Crippen LogP) is 2.75. The Balaban J connectivity index is 3.10. The Bertz CT molecular complexity index is 218. The van der Waals surface area contributed by atoms with E-state index in [-0.39, 0.29) is 5.82 Å². The molecule has 59 valence electrons. The zero-order chi connectivity index (χ0) is 8.27. The second kappa shape index (κ2) is 3.51. The van der Waals surface area contributed by atoms with Crippen molar-refractivity contribution in [3.63, 3.8) is 0 Å². The summed E-state index contributed by atoms with van der Waals surface area (Å²) in [5.41, 5.74) is 1.54. The summed E-state index contributed by atoms with van der Waals surface area (Å²) >= 11 is 0. The molecule has 0 spiro atoms. The van der Waals surface area contributed by atoms with Crippen LogP contribution in [0.4, 0.5) is 4.39 Å². The first-order valence-corrected chi connectivity index (χ1v) is 3.97. The van der Waals surface area contributed by atoms with Crippen molar-refractivity contribution in [1.29, 1.82) is 0 Å². The van der Waals surface area contributed by atoms with Crippen molar-refractivity contribution in [2.75, 3.05) is 0 Å². The maximum atomic E-state index is 13.3. The molecule has 0 aliphatic carbocycles. The summed E-state index contributed by atoms with van der Waals surface area (Å²) in [4.78, 5) is 0. The molecule has 0 aliphatic heterocycles. The van der Waals surface area contributed by atoms with Gasteiger partial charge in [-0.2, -0.15) is 0 Å². The van der Waals surface area contributed by atoms with Gasteiger partial charge in [0.2, 0.25) is 0 Å². The van der Waals surface area contributed by atoms with Gasteiger partial charge in [-0.1, -0.05) is 13.8 Å². The number of benzene rings is 1. The molecule has 0 saturated carbocycles. The van der Waals surface area contributed by atoms with Crippen LogP contribution in [0.15, 0.2) is 12.1 Å². The molecule has 0 saturated heterocycles. The minimum Gasteiger partial charge on any atom is -0.206 e. The molecular formula is C10H12F. The normalized spacial score (nSPS) is 10.1. The van der Waals surface area contributed by atoms with Gasteiger partial charge in [0.15, 0.2) is 0 Å². The molecule has 0 bridgehead atoms. The molecule has 1 heteroatoms. The number of hydrogen-bond acceptors (Lipinski definition) is 0. The van der Waals surface area contributed by atoms with Gasteiger partial charge in [0.25, 0.3) is 0 Å². The molecule has 0 amide bonds. The van der Waals surface area contributed by atoms with Crippen molar-refractivity contribution in [2.45, 2.75) is 26.7 Å². The number of halogens is 1. The Labute approximate surface area is 67.1 Å². The van der Waals surface area contributed by atoms with Crippen molar-refractivity contribution in [1.82, 2.24) is 0 Å². The van der Waals surface area contributed by atoms with Gasteiger partial charge in [0.1, 0.15) is 5.82 Å². The Kier molecular flexibility index (Phi) is 2.64. The summed E-state index contributed by atoms with van der Waals surface area (Å²) in [7, 11) is 0. The van der Waals surface area contributed by atoms with Crippen LogP contribution in [0.1, 0.15) is 25.0 Å². The summed E-state index contributed by atoms with van der Waals surface area (Å²) in [5, 5.41) is 0. The maximum absolute atomic E-state index is 13.3. The van der Waals surface area contributed by atoms with Crippen LogP contribution in [-0.4, -0.2) is 0 Å². The minimum absolute atomic E-state index is 0.0475.